The van der Waals surface area contributed by atoms with E-state index in [9.17, 15) is 4.79 Å². The zero-order chi connectivity index (χ0) is 13.8. The summed E-state index contributed by atoms with van der Waals surface area (Å²) in [5.41, 5.74) is 1.07. The van der Waals surface area contributed by atoms with Crippen LogP contribution in [0.25, 0.3) is 0 Å². The lowest BCUT2D eigenvalue weighted by Gasteiger charge is -2.18. The van der Waals surface area contributed by atoms with E-state index in [1.807, 2.05) is 18.2 Å². The molecule has 0 aromatic heterocycles. The van der Waals surface area contributed by atoms with E-state index in [1.165, 1.54) is 12.8 Å². The average molecular weight is 327 g/mol. The fourth-order valence-electron chi connectivity index (χ4n) is 1.80. The Bertz CT molecular complexity index is 461. The number of ether oxygens (including phenoxy) is 1. The standard InChI is InChI=1S/C14H19BrN2O2/c1-9(14(18)16-2)19-13-10(4-3-5-12(13)15)8-17-11-6-7-11/h3-5,9,11,17H,6-8H2,1-2H3,(H,16,18). The molecule has 4 nitrogen and oxygen atoms in total. The normalized spacial score (nSPS) is 15.9. The molecule has 1 unspecified atom stereocenters. The maximum atomic E-state index is 11.5. The van der Waals surface area contributed by atoms with Crippen LogP contribution in [0.4, 0.5) is 0 Å². The summed E-state index contributed by atoms with van der Waals surface area (Å²) in [4.78, 5) is 11.5. The third kappa shape index (κ3) is 3.94. The van der Waals surface area contributed by atoms with Crippen LogP contribution in [0, 0.1) is 0 Å². The summed E-state index contributed by atoms with van der Waals surface area (Å²) in [6.07, 6.45) is 1.99. The average Bonchev–Trinajstić information content (AvgIpc) is 3.22. The highest BCUT2D eigenvalue weighted by molar-refractivity contribution is 9.10. The summed E-state index contributed by atoms with van der Waals surface area (Å²) in [5.74, 6) is 0.614. The van der Waals surface area contributed by atoms with E-state index in [2.05, 4.69) is 26.6 Å². The van der Waals surface area contributed by atoms with Gasteiger partial charge in [0.15, 0.2) is 6.10 Å². The topological polar surface area (TPSA) is 50.4 Å². The van der Waals surface area contributed by atoms with E-state index in [-0.39, 0.29) is 5.91 Å². The second-order valence-electron chi connectivity index (χ2n) is 4.76. The van der Waals surface area contributed by atoms with Crippen LogP contribution in [0.1, 0.15) is 25.3 Å². The van der Waals surface area contributed by atoms with E-state index in [1.54, 1.807) is 14.0 Å². The number of benzene rings is 1. The molecule has 0 bridgehead atoms. The number of carbonyl (C=O) groups is 1. The summed E-state index contributed by atoms with van der Waals surface area (Å²) in [7, 11) is 1.61. The van der Waals surface area contributed by atoms with Gasteiger partial charge in [-0.1, -0.05) is 12.1 Å². The van der Waals surface area contributed by atoms with Crippen LogP contribution in [-0.4, -0.2) is 25.1 Å². The molecule has 1 saturated carbocycles. The molecule has 1 atom stereocenters. The number of hydrogen-bond donors (Lipinski definition) is 2. The van der Waals surface area contributed by atoms with Gasteiger partial charge in [-0.25, -0.2) is 0 Å². The van der Waals surface area contributed by atoms with Gasteiger partial charge in [0, 0.05) is 25.2 Å². The predicted octanol–water partition coefficient (Wildman–Crippen LogP) is 2.21. The number of para-hydroxylation sites is 1. The largest absolute Gasteiger partial charge is 0.479 e. The van der Waals surface area contributed by atoms with Crippen molar-refractivity contribution >= 4 is 21.8 Å². The van der Waals surface area contributed by atoms with E-state index >= 15 is 0 Å². The SMILES string of the molecule is CNC(=O)C(C)Oc1c(Br)cccc1CNC1CC1. The molecule has 1 fully saturated rings. The number of halogens is 1. The van der Waals surface area contributed by atoms with Gasteiger partial charge in [0.05, 0.1) is 4.47 Å². The number of likely N-dealkylation sites (N-methyl/N-ethyl adjacent to an activating group) is 1. The Morgan fingerprint density at radius 1 is 1.53 bits per heavy atom. The van der Waals surface area contributed by atoms with E-state index in [0.29, 0.717) is 6.04 Å². The second-order valence-corrected chi connectivity index (χ2v) is 5.61. The summed E-state index contributed by atoms with van der Waals surface area (Å²) in [6.45, 7) is 2.51. The molecular formula is C14H19BrN2O2. The lowest BCUT2D eigenvalue weighted by molar-refractivity contribution is -0.126. The molecule has 1 amide bonds. The number of nitrogens with one attached hydrogen (secondary N) is 2. The van der Waals surface area contributed by atoms with Gasteiger partial charge in [-0.2, -0.15) is 0 Å². The lowest BCUT2D eigenvalue weighted by atomic mass is 10.2. The highest BCUT2D eigenvalue weighted by atomic mass is 79.9. The first kappa shape index (κ1) is 14.3. The molecule has 1 aliphatic rings. The second kappa shape index (κ2) is 6.39. The fraction of sp³-hybridized carbons (Fsp3) is 0.500. The molecule has 0 heterocycles. The molecule has 1 aliphatic carbocycles. The van der Waals surface area contributed by atoms with Gasteiger partial charge < -0.3 is 15.4 Å². The lowest BCUT2D eigenvalue weighted by Crippen LogP contribution is -2.34. The van der Waals surface area contributed by atoms with Crippen molar-refractivity contribution in [1.29, 1.82) is 0 Å². The minimum absolute atomic E-state index is 0.128. The van der Waals surface area contributed by atoms with Crippen LogP contribution in [-0.2, 0) is 11.3 Å². The van der Waals surface area contributed by atoms with Crippen LogP contribution in [0.15, 0.2) is 22.7 Å². The molecule has 19 heavy (non-hydrogen) atoms. The van der Waals surface area contributed by atoms with E-state index in [4.69, 9.17) is 4.74 Å². The van der Waals surface area contributed by atoms with Gasteiger partial charge in [0.1, 0.15) is 5.75 Å². The number of rotatable bonds is 6. The third-order valence-corrected chi connectivity index (χ3v) is 3.74. The highest BCUT2D eigenvalue weighted by Gasteiger charge is 2.22. The predicted molar refractivity (Wildman–Crippen MR) is 78.2 cm³/mol. The minimum Gasteiger partial charge on any atom is -0.479 e. The van der Waals surface area contributed by atoms with Gasteiger partial charge in [-0.3, -0.25) is 4.79 Å². The molecule has 0 aliphatic heterocycles. The molecule has 0 radical (unpaired) electrons. The van der Waals surface area contributed by atoms with Crippen molar-refractivity contribution < 1.29 is 9.53 Å². The molecule has 2 rings (SSSR count). The molecule has 104 valence electrons. The Kier molecular flexibility index (Phi) is 4.82. The molecule has 0 saturated heterocycles. The summed E-state index contributed by atoms with van der Waals surface area (Å²) in [5, 5.41) is 6.04. The number of carbonyl (C=O) groups excluding carboxylic acids is 1. The van der Waals surface area contributed by atoms with Gasteiger partial charge in [-0.15, -0.1) is 0 Å². The first-order valence-corrected chi connectivity index (χ1v) is 7.30. The van der Waals surface area contributed by atoms with Crippen molar-refractivity contribution in [2.75, 3.05) is 7.05 Å². The van der Waals surface area contributed by atoms with Gasteiger partial charge in [0.2, 0.25) is 0 Å². The molecule has 1 aromatic carbocycles. The Morgan fingerprint density at radius 3 is 2.89 bits per heavy atom. The number of amides is 1. The van der Waals surface area contributed by atoms with Crippen LogP contribution in [0.3, 0.4) is 0 Å². The first-order valence-electron chi connectivity index (χ1n) is 6.51. The Hall–Kier alpha value is -1.07. The van der Waals surface area contributed by atoms with Crippen LogP contribution in [0.5, 0.6) is 5.75 Å². The van der Waals surface area contributed by atoms with Crippen LogP contribution in [0.2, 0.25) is 0 Å². The Morgan fingerprint density at radius 2 is 2.26 bits per heavy atom. The van der Waals surface area contributed by atoms with Crippen molar-refractivity contribution in [3.63, 3.8) is 0 Å². The van der Waals surface area contributed by atoms with Crippen molar-refractivity contribution in [1.82, 2.24) is 10.6 Å². The quantitative estimate of drug-likeness (QED) is 0.842. The molecule has 5 heteroatoms. The number of hydrogen-bond acceptors (Lipinski definition) is 3. The van der Waals surface area contributed by atoms with Crippen LogP contribution >= 0.6 is 15.9 Å². The Balaban J connectivity index is 2.09. The smallest absolute Gasteiger partial charge is 0.260 e. The highest BCUT2D eigenvalue weighted by Crippen LogP contribution is 2.31. The summed E-state index contributed by atoms with van der Waals surface area (Å²) < 4.78 is 6.66. The van der Waals surface area contributed by atoms with Gasteiger partial charge in [-0.05, 0) is 41.8 Å². The molecule has 2 N–H and O–H groups in total. The zero-order valence-electron chi connectivity index (χ0n) is 11.2. The zero-order valence-corrected chi connectivity index (χ0v) is 12.8. The minimum atomic E-state index is -0.511. The third-order valence-electron chi connectivity index (χ3n) is 3.12. The van der Waals surface area contributed by atoms with E-state index in [0.717, 1.165) is 22.3 Å². The fourth-order valence-corrected chi connectivity index (χ4v) is 2.30. The first-order chi connectivity index (χ1) is 9.11. The Labute approximate surface area is 122 Å². The maximum absolute atomic E-state index is 11.5. The molecule has 1 aromatic rings. The van der Waals surface area contributed by atoms with Crippen molar-refractivity contribution in [2.24, 2.45) is 0 Å². The molecular weight excluding hydrogens is 308 g/mol. The van der Waals surface area contributed by atoms with Crippen molar-refractivity contribution in [3.8, 4) is 5.75 Å². The molecule has 0 spiro atoms. The maximum Gasteiger partial charge on any atom is 0.260 e. The van der Waals surface area contributed by atoms with Crippen molar-refractivity contribution in [2.45, 2.75) is 38.5 Å². The van der Waals surface area contributed by atoms with Crippen molar-refractivity contribution in [3.05, 3.63) is 28.2 Å². The summed E-state index contributed by atoms with van der Waals surface area (Å²) in [6, 6.07) is 6.56. The monoisotopic (exact) mass is 326 g/mol. The van der Waals surface area contributed by atoms with Crippen LogP contribution < -0.4 is 15.4 Å². The van der Waals surface area contributed by atoms with E-state index < -0.39 is 6.10 Å². The van der Waals surface area contributed by atoms with Gasteiger partial charge in [0.25, 0.3) is 5.91 Å². The summed E-state index contributed by atoms with van der Waals surface area (Å²) >= 11 is 3.48. The van der Waals surface area contributed by atoms with Gasteiger partial charge >= 0.3 is 0 Å².